The van der Waals surface area contributed by atoms with Gasteiger partial charge in [0.2, 0.25) is 0 Å². The van der Waals surface area contributed by atoms with Crippen LogP contribution in [0.2, 0.25) is 0 Å². The second-order valence-corrected chi connectivity index (χ2v) is 17.0. The van der Waals surface area contributed by atoms with Gasteiger partial charge in [0, 0.05) is 52.4 Å². The summed E-state index contributed by atoms with van der Waals surface area (Å²) in [7, 11) is -13.2. The Balaban J connectivity index is 3.28. The van der Waals surface area contributed by atoms with Crippen LogP contribution >= 0.6 is 22.8 Å². The third kappa shape index (κ3) is 17.1. The van der Waals surface area contributed by atoms with Crippen molar-refractivity contribution in [1.82, 2.24) is 19.6 Å². The fourth-order valence-corrected chi connectivity index (χ4v) is 10.4. The fraction of sp³-hybridized carbons (Fsp3) is 0.880. The Labute approximate surface area is 280 Å². The molecule has 0 aliphatic carbocycles. The van der Waals surface area contributed by atoms with Crippen molar-refractivity contribution in [2.24, 2.45) is 0 Å². The average molecular weight is 757 g/mol. The van der Waals surface area contributed by atoms with Crippen molar-refractivity contribution in [3.8, 4) is 0 Å². The largest absolute Gasteiger partial charge is 0.480 e. The number of hydrogen-bond acceptors (Lipinski definition) is 16. The van der Waals surface area contributed by atoms with Gasteiger partial charge >= 0.3 is 40.7 Å². The molecule has 0 aromatic rings. The summed E-state index contributed by atoms with van der Waals surface area (Å²) in [6.45, 7) is 4.70. The number of carboxylic acid groups (broad SMARTS) is 3. The van der Waals surface area contributed by atoms with E-state index in [0.29, 0.717) is 0 Å². The standard InChI is InChI=1S/C25H51N4O16P3/c1-5-41-46(36,45-40-20-25(47(37,38)42-6-2)48(39,43-7-3)44-8-4)21-29-15-13-27(18-23(32)33)11-9-26(17-22(30)31)10-12-28(14-16-29)19-24(34)35/h25H,5-21H2,1-4H3,(H,30,31)(H,32,33)(H,34,35)(H,37,38). The highest BCUT2D eigenvalue weighted by atomic mass is 31.2. The van der Waals surface area contributed by atoms with Gasteiger partial charge in [0.15, 0.2) is 5.40 Å². The number of hydrogen-bond donors (Lipinski definition) is 4. The second kappa shape index (κ2) is 22.5. The van der Waals surface area contributed by atoms with Gasteiger partial charge in [0.25, 0.3) is 0 Å². The molecule has 20 nitrogen and oxygen atoms in total. The summed E-state index contributed by atoms with van der Waals surface area (Å²) >= 11 is 0. The van der Waals surface area contributed by atoms with E-state index < -0.39 is 59.0 Å². The van der Waals surface area contributed by atoms with Crippen molar-refractivity contribution in [1.29, 1.82) is 0 Å². The van der Waals surface area contributed by atoms with Crippen LogP contribution in [0.3, 0.4) is 0 Å². The fourth-order valence-electron chi connectivity index (χ4n) is 4.67. The molecule has 0 radical (unpaired) electrons. The van der Waals surface area contributed by atoms with E-state index in [-0.39, 0.29) is 98.4 Å². The molecular weight excluding hydrogens is 705 g/mol. The SMILES string of the molecule is CCOP(=O)(CN1CCN(CC(=O)O)CCN(CC(=O)O)CCN(CC(=O)O)CC1)OOCC(P(=O)(O)OCC)P(=O)(OCC)OCC. The maximum Gasteiger partial charge on any atom is 0.371 e. The number of carbonyl (C=O) groups is 3. The Kier molecular flexibility index (Phi) is 20.9. The molecule has 3 unspecified atom stereocenters. The lowest BCUT2D eigenvalue weighted by molar-refractivity contribution is -0.213. The molecule has 0 bridgehead atoms. The molecule has 4 N–H and O–H groups in total. The minimum Gasteiger partial charge on any atom is -0.480 e. The van der Waals surface area contributed by atoms with Crippen molar-refractivity contribution in [3.05, 3.63) is 0 Å². The van der Waals surface area contributed by atoms with Crippen LogP contribution in [0.5, 0.6) is 0 Å². The Bertz CT molecular complexity index is 1110. The van der Waals surface area contributed by atoms with Crippen LogP contribution in [0.15, 0.2) is 0 Å². The van der Waals surface area contributed by atoms with Crippen molar-refractivity contribution < 1.29 is 75.9 Å². The minimum absolute atomic E-state index is 0.107. The van der Waals surface area contributed by atoms with Crippen LogP contribution in [0.25, 0.3) is 0 Å². The molecule has 3 atom stereocenters. The first kappa shape index (κ1) is 44.7. The number of nitrogens with zero attached hydrogens (tertiary/aromatic N) is 4. The molecule has 0 spiro atoms. The molecule has 0 amide bonds. The molecule has 1 rings (SSSR count). The molecule has 23 heteroatoms. The molecule has 1 aliphatic rings. The smallest absolute Gasteiger partial charge is 0.371 e. The molecule has 0 saturated carbocycles. The van der Waals surface area contributed by atoms with E-state index in [9.17, 15) is 48.3 Å². The second-order valence-electron chi connectivity index (χ2n) is 10.5. The van der Waals surface area contributed by atoms with Crippen LogP contribution < -0.4 is 0 Å². The maximum atomic E-state index is 13.9. The molecule has 0 aromatic carbocycles. The number of carboxylic acids is 3. The predicted octanol–water partition coefficient (Wildman–Crippen LogP) is 1.41. The van der Waals surface area contributed by atoms with E-state index in [2.05, 4.69) is 0 Å². The van der Waals surface area contributed by atoms with Gasteiger partial charge in [-0.15, -0.1) is 4.67 Å². The Hall–Kier alpha value is -1.34. The van der Waals surface area contributed by atoms with Crippen LogP contribution in [-0.4, -0.2) is 174 Å². The number of rotatable bonds is 22. The average Bonchev–Trinajstić information content (AvgIpc) is 2.96. The third-order valence-electron chi connectivity index (χ3n) is 6.76. The van der Waals surface area contributed by atoms with E-state index in [1.54, 1.807) is 19.6 Å². The van der Waals surface area contributed by atoms with Gasteiger partial charge in [-0.25, -0.2) is 4.89 Å². The van der Waals surface area contributed by atoms with Crippen LogP contribution in [0, 0.1) is 0 Å². The first-order valence-electron chi connectivity index (χ1n) is 15.5. The lowest BCUT2D eigenvalue weighted by atomic mass is 10.3. The van der Waals surface area contributed by atoms with Crippen molar-refractivity contribution in [2.75, 3.05) is 111 Å². The van der Waals surface area contributed by atoms with Crippen molar-refractivity contribution in [3.63, 3.8) is 0 Å². The molecule has 1 saturated heterocycles. The molecule has 48 heavy (non-hydrogen) atoms. The Morgan fingerprint density at radius 2 is 0.958 bits per heavy atom. The van der Waals surface area contributed by atoms with Crippen LogP contribution in [-0.2, 0) is 55.7 Å². The molecule has 282 valence electrons. The lowest BCUT2D eigenvalue weighted by Crippen LogP contribution is -2.48. The normalized spacial score (nSPS) is 20.2. The van der Waals surface area contributed by atoms with Crippen molar-refractivity contribution >= 4 is 40.7 Å². The van der Waals surface area contributed by atoms with E-state index in [1.807, 2.05) is 0 Å². The van der Waals surface area contributed by atoms with Gasteiger partial charge in [0.05, 0.1) is 46.1 Å². The quantitative estimate of drug-likeness (QED) is 0.0692. The van der Waals surface area contributed by atoms with E-state index in [4.69, 9.17) is 27.7 Å². The first-order chi connectivity index (χ1) is 22.5. The van der Waals surface area contributed by atoms with Gasteiger partial charge in [-0.1, -0.05) is 0 Å². The van der Waals surface area contributed by atoms with E-state index in [0.717, 1.165) is 0 Å². The zero-order valence-electron chi connectivity index (χ0n) is 27.9. The summed E-state index contributed by atoms with van der Waals surface area (Å²) < 4.78 is 66.5. The summed E-state index contributed by atoms with van der Waals surface area (Å²) in [5, 5.41) is 26.4. The third-order valence-corrected chi connectivity index (χ3v) is 13.9. The lowest BCUT2D eigenvalue weighted by Gasteiger charge is -2.34. The highest BCUT2D eigenvalue weighted by Crippen LogP contribution is 2.68. The maximum absolute atomic E-state index is 13.9. The Morgan fingerprint density at radius 3 is 1.29 bits per heavy atom. The van der Waals surface area contributed by atoms with Crippen LogP contribution in [0.1, 0.15) is 27.7 Å². The first-order valence-corrected chi connectivity index (χ1v) is 20.5. The van der Waals surface area contributed by atoms with Crippen LogP contribution in [0.4, 0.5) is 0 Å². The van der Waals surface area contributed by atoms with E-state index >= 15 is 0 Å². The Morgan fingerprint density at radius 1 is 0.604 bits per heavy atom. The van der Waals surface area contributed by atoms with Crippen molar-refractivity contribution in [2.45, 2.75) is 33.1 Å². The zero-order chi connectivity index (χ0) is 36.4. The van der Waals surface area contributed by atoms with E-state index in [1.165, 1.54) is 27.7 Å². The summed E-state index contributed by atoms with van der Waals surface area (Å²) in [6, 6.07) is 0. The predicted molar refractivity (Wildman–Crippen MR) is 171 cm³/mol. The highest BCUT2D eigenvalue weighted by Gasteiger charge is 2.50. The number of aliphatic carboxylic acids is 3. The van der Waals surface area contributed by atoms with Gasteiger partial charge in [-0.2, -0.15) is 0 Å². The summed E-state index contributed by atoms with van der Waals surface area (Å²) in [5.74, 6) is -3.30. The summed E-state index contributed by atoms with van der Waals surface area (Å²) in [5.41, 5.74) is 0. The summed E-state index contributed by atoms with van der Waals surface area (Å²) in [6.07, 6.45) is -0.421. The molecular formula is C25H51N4O16P3. The van der Waals surface area contributed by atoms with Gasteiger partial charge in [0.1, 0.15) is 12.9 Å². The summed E-state index contributed by atoms with van der Waals surface area (Å²) in [4.78, 5) is 56.7. The molecule has 0 aromatic heterocycles. The topological polar surface area (TPSA) is 252 Å². The van der Waals surface area contributed by atoms with Gasteiger partial charge < -0.3 is 38.3 Å². The molecule has 1 heterocycles. The monoisotopic (exact) mass is 756 g/mol. The van der Waals surface area contributed by atoms with Gasteiger partial charge in [-0.3, -0.25) is 47.7 Å². The molecule has 1 fully saturated rings. The zero-order valence-corrected chi connectivity index (χ0v) is 30.6. The molecule has 1 aliphatic heterocycles. The highest BCUT2D eigenvalue weighted by molar-refractivity contribution is 7.72. The van der Waals surface area contributed by atoms with Gasteiger partial charge in [-0.05, 0) is 27.7 Å². The minimum atomic E-state index is -4.69.